The van der Waals surface area contributed by atoms with Gasteiger partial charge in [0.05, 0.1) is 34.8 Å². The van der Waals surface area contributed by atoms with E-state index in [-0.39, 0.29) is 0 Å². The van der Waals surface area contributed by atoms with Gasteiger partial charge in [0.25, 0.3) is 0 Å². The van der Waals surface area contributed by atoms with Crippen molar-refractivity contribution in [2.24, 2.45) is 0 Å². The first-order valence-corrected chi connectivity index (χ1v) is 28.5. The van der Waals surface area contributed by atoms with Gasteiger partial charge in [-0.3, -0.25) is 0 Å². The summed E-state index contributed by atoms with van der Waals surface area (Å²) in [5.41, 5.74) is 21.4. The molecule has 0 aliphatic carbocycles. The van der Waals surface area contributed by atoms with Crippen LogP contribution in [0.15, 0.2) is 279 Å². The Hall–Kier alpha value is -11.6. The zero-order chi connectivity index (χ0) is 55.6. The molecule has 0 spiro atoms. The van der Waals surface area contributed by atoms with Crippen molar-refractivity contribution in [2.45, 2.75) is 0 Å². The first-order valence-electron chi connectivity index (χ1n) is 28.5. The monoisotopic (exact) mass is 1060 g/mol. The molecule has 0 atom stereocenters. The number of rotatable bonds is 8. The molecular formula is C80H46N4. The number of para-hydroxylation sites is 2. The van der Waals surface area contributed by atoms with Crippen molar-refractivity contribution in [3.63, 3.8) is 0 Å². The van der Waals surface area contributed by atoms with Gasteiger partial charge in [-0.1, -0.05) is 194 Å². The second-order valence-corrected chi connectivity index (χ2v) is 22.2. The molecule has 0 amide bonds. The Kier molecular flexibility index (Phi) is 10.4. The summed E-state index contributed by atoms with van der Waals surface area (Å²) in [4.78, 5) is 3.93. The molecule has 0 saturated carbocycles. The lowest BCUT2D eigenvalue weighted by Crippen LogP contribution is -1.95. The SMILES string of the molecule is [C-]#[N+]c1cc2ccc3cc(-c4ccc5c(-c6ccc(-c7ccccc7)cc6)c6cc(-c7cc8ccc9cc(C#N)cc%10c9c8c(c7)n%10-c7ccccc7)ccc6c(-c6ccc(-c7ccccc7)cc6)c5c4)cc4c3c2c(c1)n4-c1ccccc1. The largest absolute Gasteiger partial charge is 0.310 e. The molecule has 0 radical (unpaired) electrons. The fourth-order valence-electron chi connectivity index (χ4n) is 13.8. The molecule has 0 aliphatic rings. The Morgan fingerprint density at radius 3 is 1.07 bits per heavy atom. The van der Waals surface area contributed by atoms with Crippen LogP contribution >= 0.6 is 0 Å². The number of hydrogen-bond acceptors (Lipinski definition) is 1. The lowest BCUT2D eigenvalue weighted by atomic mass is 9.83. The van der Waals surface area contributed by atoms with Crippen molar-refractivity contribution in [1.82, 2.24) is 9.13 Å². The lowest BCUT2D eigenvalue weighted by molar-refractivity contribution is 1.18. The van der Waals surface area contributed by atoms with Gasteiger partial charge in [-0.15, -0.1) is 0 Å². The first-order chi connectivity index (χ1) is 41.5. The number of fused-ring (bicyclic) bond motifs is 2. The highest BCUT2D eigenvalue weighted by molar-refractivity contribution is 6.28. The van der Waals surface area contributed by atoms with E-state index >= 15 is 0 Å². The molecule has 84 heavy (non-hydrogen) atoms. The first kappa shape index (κ1) is 47.3. The molecule has 0 aliphatic heterocycles. The standard InChI is InChI=1S/C80H46N4/c1-82-64-42-61-33-32-60-41-63(46-73-79(60)80(61)74(47-64)84(73)66-20-12-5-13-21-66)57-35-37-68-70(44-57)76(55-28-24-53(25-29-55)51-16-8-3-9-17-51)67-36-34-56(43-69(67)75(68)54-26-22-52(23-27-54)50-14-6-2-7-15-50)62-40-59-31-30-58-38-49(48-81)39-71-77(58)78(59)72(45-62)83(71)65-18-10-4-11-19-65/h2-47H. The van der Waals surface area contributed by atoms with Gasteiger partial charge in [0.15, 0.2) is 5.69 Å². The van der Waals surface area contributed by atoms with Crippen LogP contribution in [0, 0.1) is 17.9 Å². The van der Waals surface area contributed by atoms with Crippen molar-refractivity contribution in [1.29, 1.82) is 5.26 Å². The van der Waals surface area contributed by atoms with Crippen LogP contribution in [0.1, 0.15) is 5.56 Å². The smallest absolute Gasteiger partial charge is 0.189 e. The molecule has 15 aromatic carbocycles. The van der Waals surface area contributed by atoms with Gasteiger partial charge in [-0.25, -0.2) is 4.85 Å². The summed E-state index contributed by atoms with van der Waals surface area (Å²) < 4.78 is 4.68. The third kappa shape index (κ3) is 7.25. The third-order valence-corrected chi connectivity index (χ3v) is 17.6. The lowest BCUT2D eigenvalue weighted by Gasteiger charge is -2.20. The van der Waals surface area contributed by atoms with Crippen LogP contribution in [0.3, 0.4) is 0 Å². The Morgan fingerprint density at radius 1 is 0.286 bits per heavy atom. The summed E-state index contributed by atoms with van der Waals surface area (Å²) >= 11 is 0. The van der Waals surface area contributed by atoms with E-state index in [0.717, 1.165) is 110 Å². The third-order valence-electron chi connectivity index (χ3n) is 17.6. The fourth-order valence-corrected chi connectivity index (χ4v) is 13.8. The molecule has 0 bridgehead atoms. The summed E-state index contributed by atoms with van der Waals surface area (Å²) in [7, 11) is 0. The Labute approximate surface area is 484 Å². The Morgan fingerprint density at radius 2 is 0.643 bits per heavy atom. The number of hydrogen-bond donors (Lipinski definition) is 0. The number of benzene rings is 15. The van der Waals surface area contributed by atoms with Crippen LogP contribution in [-0.4, -0.2) is 9.13 Å². The summed E-state index contributed by atoms with van der Waals surface area (Å²) in [6, 6.07) is 104. The van der Waals surface area contributed by atoms with E-state index in [2.05, 4.69) is 275 Å². The highest BCUT2D eigenvalue weighted by Gasteiger charge is 2.24. The number of aromatic nitrogens is 2. The maximum absolute atomic E-state index is 10.2. The predicted molar refractivity (Wildman–Crippen MR) is 351 cm³/mol. The maximum atomic E-state index is 10.2. The summed E-state index contributed by atoms with van der Waals surface area (Å²) in [5, 5.41) is 24.1. The molecule has 4 heteroatoms. The molecule has 2 aromatic heterocycles. The van der Waals surface area contributed by atoms with Crippen LogP contribution in [0.2, 0.25) is 0 Å². The van der Waals surface area contributed by atoms with Gasteiger partial charge in [0.1, 0.15) is 0 Å². The summed E-state index contributed by atoms with van der Waals surface area (Å²) in [6.07, 6.45) is 0. The van der Waals surface area contributed by atoms with Gasteiger partial charge in [-0.05, 0) is 195 Å². The zero-order valence-electron chi connectivity index (χ0n) is 45.3. The van der Waals surface area contributed by atoms with E-state index in [0.29, 0.717) is 11.3 Å². The normalized spacial score (nSPS) is 11.8. The highest BCUT2D eigenvalue weighted by atomic mass is 15.0. The van der Waals surface area contributed by atoms with Gasteiger partial charge < -0.3 is 9.13 Å². The zero-order valence-corrected chi connectivity index (χ0v) is 45.3. The topological polar surface area (TPSA) is 38.0 Å². The molecule has 0 unspecified atom stereocenters. The van der Waals surface area contributed by atoms with E-state index in [9.17, 15) is 5.26 Å². The maximum Gasteiger partial charge on any atom is 0.189 e. The molecule has 17 rings (SSSR count). The molecule has 2 heterocycles. The second kappa shape index (κ2) is 18.5. The molecule has 0 fully saturated rings. The van der Waals surface area contributed by atoms with Crippen LogP contribution in [0.5, 0.6) is 0 Å². The molecule has 0 N–H and O–H groups in total. The minimum Gasteiger partial charge on any atom is -0.310 e. The van der Waals surface area contributed by atoms with Crippen molar-refractivity contribution in [3.8, 4) is 84.2 Å². The molecule has 17 aromatic rings. The van der Waals surface area contributed by atoms with Gasteiger partial charge in [-0.2, -0.15) is 5.26 Å². The van der Waals surface area contributed by atoms with Crippen LogP contribution < -0.4 is 0 Å². The van der Waals surface area contributed by atoms with E-state index in [1.807, 2.05) is 24.3 Å². The quantitative estimate of drug-likeness (QED) is 0.0849. The van der Waals surface area contributed by atoms with E-state index in [1.165, 1.54) is 54.9 Å². The Balaban J connectivity index is 0.944. The minimum atomic E-state index is 0.628. The summed E-state index contributed by atoms with van der Waals surface area (Å²) in [5.74, 6) is 0. The van der Waals surface area contributed by atoms with Crippen molar-refractivity contribution >= 4 is 92.4 Å². The van der Waals surface area contributed by atoms with Crippen molar-refractivity contribution < 1.29 is 0 Å². The molecule has 386 valence electrons. The minimum absolute atomic E-state index is 0.628. The van der Waals surface area contributed by atoms with Gasteiger partial charge in [0.2, 0.25) is 0 Å². The average molecular weight is 1060 g/mol. The summed E-state index contributed by atoms with van der Waals surface area (Å²) in [6.45, 7) is 8.06. The van der Waals surface area contributed by atoms with Crippen LogP contribution in [0.25, 0.3) is 170 Å². The van der Waals surface area contributed by atoms with Crippen molar-refractivity contribution in [3.05, 3.63) is 296 Å². The number of nitriles is 1. The number of nitrogens with zero attached hydrogens (tertiary/aromatic N) is 4. The van der Waals surface area contributed by atoms with E-state index < -0.39 is 0 Å². The molecular weight excluding hydrogens is 1020 g/mol. The van der Waals surface area contributed by atoms with Gasteiger partial charge >= 0.3 is 0 Å². The highest BCUT2D eigenvalue weighted by Crippen LogP contribution is 2.49. The fraction of sp³-hybridized carbons (Fsp3) is 0. The molecule has 4 nitrogen and oxygen atoms in total. The Bertz CT molecular complexity index is 5220. The second-order valence-electron chi connectivity index (χ2n) is 22.2. The average Bonchev–Trinajstić information content (AvgIpc) is 1.78. The van der Waals surface area contributed by atoms with E-state index in [4.69, 9.17) is 6.57 Å². The molecule has 0 saturated heterocycles. The van der Waals surface area contributed by atoms with Crippen LogP contribution in [-0.2, 0) is 0 Å². The van der Waals surface area contributed by atoms with Gasteiger partial charge in [0, 0.05) is 38.4 Å². The van der Waals surface area contributed by atoms with Crippen molar-refractivity contribution in [2.75, 3.05) is 0 Å². The van der Waals surface area contributed by atoms with Crippen LogP contribution in [0.4, 0.5) is 5.69 Å². The predicted octanol–water partition coefficient (Wildman–Crippen LogP) is 21.8. The van der Waals surface area contributed by atoms with E-state index in [1.54, 1.807) is 0 Å².